The van der Waals surface area contributed by atoms with Gasteiger partial charge in [0.25, 0.3) is 5.91 Å². The van der Waals surface area contributed by atoms with E-state index in [1.165, 1.54) is 12.1 Å². The number of nitriles is 1. The molecule has 2 fully saturated rings. The minimum atomic E-state index is -0.585. The van der Waals surface area contributed by atoms with E-state index in [1.807, 2.05) is 4.90 Å². The molecule has 0 saturated carbocycles. The van der Waals surface area contributed by atoms with Crippen molar-refractivity contribution in [3.63, 3.8) is 0 Å². The van der Waals surface area contributed by atoms with Crippen molar-refractivity contribution in [3.8, 4) is 6.19 Å². The number of nitrogens with one attached hydrogen (secondary N) is 1. The summed E-state index contributed by atoms with van der Waals surface area (Å²) in [7, 11) is 0. The smallest absolute Gasteiger partial charge is 0.253 e. The van der Waals surface area contributed by atoms with Gasteiger partial charge >= 0.3 is 0 Å². The van der Waals surface area contributed by atoms with E-state index in [0.29, 0.717) is 50.5 Å². The Morgan fingerprint density at radius 2 is 1.87 bits per heavy atom. The Kier molecular flexibility index (Phi) is 5.65. The predicted octanol–water partition coefficient (Wildman–Crippen LogP) is 1.97. The van der Waals surface area contributed by atoms with E-state index in [9.17, 15) is 13.6 Å². The fraction of sp³-hybridized carbons (Fsp3) is 0.381. The highest BCUT2D eigenvalue weighted by Gasteiger charge is 2.24. The molecule has 1 N–H and O–H groups in total. The van der Waals surface area contributed by atoms with Crippen molar-refractivity contribution in [2.75, 3.05) is 49.1 Å². The number of anilines is 2. The number of nitrogens with zero attached hydrogens (tertiary/aromatic N) is 5. The number of halogens is 2. The second-order valence-corrected chi connectivity index (χ2v) is 7.48. The zero-order chi connectivity index (χ0) is 21.1. The summed E-state index contributed by atoms with van der Waals surface area (Å²) in [6.07, 6.45) is 4.40. The lowest BCUT2D eigenvalue weighted by Gasteiger charge is -2.36. The summed E-state index contributed by atoms with van der Waals surface area (Å²) in [6.45, 7) is 3.65. The van der Waals surface area contributed by atoms with Crippen LogP contribution < -0.4 is 15.1 Å². The molecular weight excluding hydrogens is 390 g/mol. The molecule has 9 heteroatoms. The largest absolute Gasteiger partial charge is 0.366 e. The fourth-order valence-electron chi connectivity index (χ4n) is 3.86. The van der Waals surface area contributed by atoms with Gasteiger partial charge in [-0.25, -0.2) is 13.8 Å². The van der Waals surface area contributed by atoms with Crippen molar-refractivity contribution in [1.29, 1.82) is 5.26 Å². The topological polar surface area (TPSA) is 75.5 Å². The quantitative estimate of drug-likeness (QED) is 0.774. The van der Waals surface area contributed by atoms with Crippen LogP contribution in [0.3, 0.4) is 0 Å². The summed E-state index contributed by atoms with van der Waals surface area (Å²) < 4.78 is 27.1. The van der Waals surface area contributed by atoms with Gasteiger partial charge in [0.05, 0.1) is 11.3 Å². The number of carbonyl (C=O) groups is 1. The number of carbonyl (C=O) groups excluding carboxylic acids is 1. The van der Waals surface area contributed by atoms with E-state index < -0.39 is 11.6 Å². The minimum Gasteiger partial charge on any atom is -0.366 e. The van der Waals surface area contributed by atoms with E-state index in [-0.39, 0.29) is 11.9 Å². The molecule has 156 valence electrons. The molecule has 1 aromatic carbocycles. The highest BCUT2D eigenvalue weighted by Crippen LogP contribution is 2.23. The van der Waals surface area contributed by atoms with Gasteiger partial charge in [0.15, 0.2) is 6.19 Å². The molecule has 0 spiro atoms. The van der Waals surface area contributed by atoms with Crippen LogP contribution in [0.5, 0.6) is 0 Å². The number of hydrogen-bond donors (Lipinski definition) is 1. The molecule has 1 aromatic heterocycles. The average Bonchev–Trinajstić information content (AvgIpc) is 3.22. The van der Waals surface area contributed by atoms with E-state index in [0.717, 1.165) is 18.3 Å². The van der Waals surface area contributed by atoms with Crippen molar-refractivity contribution >= 4 is 17.4 Å². The molecule has 1 unspecified atom stereocenters. The molecule has 1 atom stereocenters. The Morgan fingerprint density at radius 1 is 1.10 bits per heavy atom. The maximum Gasteiger partial charge on any atom is 0.253 e. The van der Waals surface area contributed by atoms with Crippen LogP contribution in [0.1, 0.15) is 16.8 Å². The summed E-state index contributed by atoms with van der Waals surface area (Å²) in [5.74, 6) is -0.589. The maximum absolute atomic E-state index is 14.0. The first-order valence-electron chi connectivity index (χ1n) is 9.90. The molecule has 30 heavy (non-hydrogen) atoms. The molecule has 2 aromatic rings. The van der Waals surface area contributed by atoms with E-state index >= 15 is 0 Å². The molecule has 1 amide bonds. The highest BCUT2D eigenvalue weighted by atomic mass is 19.1. The van der Waals surface area contributed by atoms with Crippen molar-refractivity contribution in [1.82, 2.24) is 15.2 Å². The van der Waals surface area contributed by atoms with Gasteiger partial charge in [0, 0.05) is 57.6 Å². The number of benzene rings is 1. The predicted molar refractivity (Wildman–Crippen MR) is 108 cm³/mol. The standard InChI is InChI=1S/C21H22F2N6O/c22-16-2-3-19(18(23)11-16)28-7-9-29(10-8-28)20-4-1-15(12-25-20)21(30)26-17-5-6-27(13-17)14-24/h1-4,11-12,17H,5-10,13H2,(H,26,30). The van der Waals surface area contributed by atoms with E-state index in [4.69, 9.17) is 5.26 Å². The maximum atomic E-state index is 14.0. The molecule has 2 aliphatic rings. The lowest BCUT2D eigenvalue weighted by molar-refractivity contribution is 0.0938. The van der Waals surface area contributed by atoms with Gasteiger partial charge in [-0.05, 0) is 30.7 Å². The lowest BCUT2D eigenvalue weighted by Crippen LogP contribution is -2.47. The van der Waals surface area contributed by atoms with Crippen LogP contribution >= 0.6 is 0 Å². The third-order valence-electron chi connectivity index (χ3n) is 5.53. The number of aromatic nitrogens is 1. The number of piperazine rings is 1. The minimum absolute atomic E-state index is 0.0308. The first-order chi connectivity index (χ1) is 14.5. The van der Waals surface area contributed by atoms with Crippen LogP contribution in [0.15, 0.2) is 36.5 Å². The van der Waals surface area contributed by atoms with Crippen molar-refractivity contribution in [2.24, 2.45) is 0 Å². The Morgan fingerprint density at radius 3 is 2.50 bits per heavy atom. The van der Waals surface area contributed by atoms with Crippen LogP contribution in [0.4, 0.5) is 20.3 Å². The monoisotopic (exact) mass is 412 g/mol. The first-order valence-corrected chi connectivity index (χ1v) is 9.90. The number of amides is 1. The zero-order valence-corrected chi connectivity index (χ0v) is 16.4. The van der Waals surface area contributed by atoms with Gasteiger partial charge in [-0.2, -0.15) is 5.26 Å². The molecule has 2 aliphatic heterocycles. The summed E-state index contributed by atoms with van der Waals surface area (Å²) >= 11 is 0. The third-order valence-corrected chi connectivity index (χ3v) is 5.53. The molecule has 0 bridgehead atoms. The van der Waals surface area contributed by atoms with Crippen molar-refractivity contribution < 1.29 is 13.6 Å². The zero-order valence-electron chi connectivity index (χ0n) is 16.4. The Hall–Kier alpha value is -3.41. The van der Waals surface area contributed by atoms with Crippen molar-refractivity contribution in [3.05, 3.63) is 53.7 Å². The van der Waals surface area contributed by atoms with Crippen LogP contribution in [0.2, 0.25) is 0 Å². The van der Waals surface area contributed by atoms with Gasteiger partial charge in [-0.15, -0.1) is 0 Å². The number of likely N-dealkylation sites (tertiary alicyclic amines) is 1. The van der Waals surface area contributed by atoms with E-state index in [2.05, 4.69) is 21.4 Å². The Balaban J connectivity index is 1.32. The lowest BCUT2D eigenvalue weighted by atomic mass is 10.2. The summed E-state index contributed by atoms with van der Waals surface area (Å²) in [5, 5.41) is 11.8. The highest BCUT2D eigenvalue weighted by molar-refractivity contribution is 5.94. The summed E-state index contributed by atoms with van der Waals surface area (Å²) in [5.41, 5.74) is 0.874. The van der Waals surface area contributed by atoms with E-state index in [1.54, 1.807) is 23.2 Å². The molecule has 0 radical (unpaired) electrons. The number of rotatable bonds is 4. The summed E-state index contributed by atoms with van der Waals surface area (Å²) in [6, 6.07) is 7.14. The van der Waals surface area contributed by atoms with Gasteiger partial charge in [0.2, 0.25) is 0 Å². The second-order valence-electron chi connectivity index (χ2n) is 7.48. The third kappa shape index (κ3) is 4.27. The molecule has 2 saturated heterocycles. The first kappa shape index (κ1) is 19.9. The fourth-order valence-corrected chi connectivity index (χ4v) is 3.86. The molecular formula is C21H22F2N6O. The van der Waals surface area contributed by atoms with Crippen LogP contribution in [-0.4, -0.2) is 61.1 Å². The molecule has 3 heterocycles. The van der Waals surface area contributed by atoms with Gasteiger partial charge < -0.3 is 20.0 Å². The number of hydrogen-bond acceptors (Lipinski definition) is 6. The normalized spacial score (nSPS) is 19.0. The average molecular weight is 412 g/mol. The van der Waals surface area contributed by atoms with Crippen LogP contribution in [0.25, 0.3) is 0 Å². The Bertz CT molecular complexity index is 953. The Labute approximate surface area is 173 Å². The van der Waals surface area contributed by atoms with Gasteiger partial charge in [-0.1, -0.05) is 0 Å². The van der Waals surface area contributed by atoms with Crippen LogP contribution in [0, 0.1) is 23.1 Å². The van der Waals surface area contributed by atoms with Crippen LogP contribution in [-0.2, 0) is 0 Å². The van der Waals surface area contributed by atoms with Gasteiger partial charge in [-0.3, -0.25) is 4.79 Å². The van der Waals surface area contributed by atoms with Crippen molar-refractivity contribution in [2.45, 2.75) is 12.5 Å². The molecule has 0 aliphatic carbocycles. The molecule has 7 nitrogen and oxygen atoms in total. The molecule has 4 rings (SSSR count). The SMILES string of the molecule is N#CN1CCC(NC(=O)c2ccc(N3CCN(c4ccc(F)cc4F)CC3)nc2)C1. The summed E-state index contributed by atoms with van der Waals surface area (Å²) in [4.78, 5) is 22.4. The second kappa shape index (κ2) is 8.53. The number of pyridine rings is 1. The van der Waals surface area contributed by atoms with Gasteiger partial charge in [0.1, 0.15) is 17.5 Å².